The Kier molecular flexibility index (Phi) is 5.88. The van der Waals surface area contributed by atoms with Crippen molar-refractivity contribution in [1.82, 2.24) is 30.8 Å². The molecule has 0 aliphatic carbocycles. The largest absolute Gasteiger partial charge is 0.352 e. The van der Waals surface area contributed by atoms with Gasteiger partial charge in [-0.1, -0.05) is 42.5 Å². The van der Waals surface area contributed by atoms with Crippen molar-refractivity contribution < 1.29 is 9.59 Å². The Bertz CT molecular complexity index is 923. The molecule has 2 amide bonds. The zero-order valence-corrected chi connectivity index (χ0v) is 14.9. The number of tetrazole rings is 1. The summed E-state index contributed by atoms with van der Waals surface area (Å²) < 4.78 is 0. The van der Waals surface area contributed by atoms with Crippen LogP contribution in [0.15, 0.2) is 54.6 Å². The number of carbonyl (C=O) groups is 2. The molecule has 0 atom stereocenters. The SMILES string of the molecule is CCNC(=O)c1cccc(CNC(=O)Cn2nnc(-c3ccccc3)n2)c1. The fourth-order valence-corrected chi connectivity index (χ4v) is 2.48. The van der Waals surface area contributed by atoms with Crippen LogP contribution in [-0.4, -0.2) is 38.6 Å². The lowest BCUT2D eigenvalue weighted by molar-refractivity contribution is -0.122. The van der Waals surface area contributed by atoms with Gasteiger partial charge >= 0.3 is 0 Å². The summed E-state index contributed by atoms with van der Waals surface area (Å²) in [4.78, 5) is 25.3. The van der Waals surface area contributed by atoms with Gasteiger partial charge in [-0.2, -0.15) is 4.80 Å². The van der Waals surface area contributed by atoms with E-state index in [1.165, 1.54) is 4.80 Å². The van der Waals surface area contributed by atoms with E-state index in [0.717, 1.165) is 11.1 Å². The second-order valence-corrected chi connectivity index (χ2v) is 5.85. The summed E-state index contributed by atoms with van der Waals surface area (Å²) in [5.41, 5.74) is 2.24. The van der Waals surface area contributed by atoms with Crippen molar-refractivity contribution in [2.24, 2.45) is 0 Å². The summed E-state index contributed by atoms with van der Waals surface area (Å²) in [7, 11) is 0. The molecule has 0 unspecified atom stereocenters. The Morgan fingerprint density at radius 3 is 2.63 bits per heavy atom. The monoisotopic (exact) mass is 364 g/mol. The highest BCUT2D eigenvalue weighted by Crippen LogP contribution is 2.11. The summed E-state index contributed by atoms with van der Waals surface area (Å²) >= 11 is 0. The first-order valence-electron chi connectivity index (χ1n) is 8.63. The van der Waals surface area contributed by atoms with Crippen molar-refractivity contribution in [2.75, 3.05) is 6.54 Å². The summed E-state index contributed by atoms with van der Waals surface area (Å²) in [6.45, 7) is 2.71. The second kappa shape index (κ2) is 8.70. The van der Waals surface area contributed by atoms with Gasteiger partial charge in [0, 0.05) is 24.2 Å². The van der Waals surface area contributed by atoms with Gasteiger partial charge in [0.1, 0.15) is 6.54 Å². The van der Waals surface area contributed by atoms with Gasteiger partial charge in [0.2, 0.25) is 11.7 Å². The summed E-state index contributed by atoms with van der Waals surface area (Å²) in [6, 6.07) is 16.6. The van der Waals surface area contributed by atoms with E-state index in [1.54, 1.807) is 18.2 Å². The van der Waals surface area contributed by atoms with E-state index >= 15 is 0 Å². The van der Waals surface area contributed by atoms with Gasteiger partial charge in [-0.15, -0.1) is 10.2 Å². The standard InChI is InChI=1S/C19H20N6O2/c1-2-20-19(27)16-10-6-7-14(11-16)12-21-17(26)13-25-23-18(22-24-25)15-8-4-3-5-9-15/h3-11H,2,12-13H2,1H3,(H,20,27)(H,21,26). The number of carbonyl (C=O) groups excluding carboxylic acids is 2. The van der Waals surface area contributed by atoms with Crippen molar-refractivity contribution in [1.29, 1.82) is 0 Å². The molecule has 2 aromatic carbocycles. The molecule has 0 saturated heterocycles. The van der Waals surface area contributed by atoms with Crippen LogP contribution in [0.3, 0.4) is 0 Å². The predicted molar refractivity (Wildman–Crippen MR) is 99.5 cm³/mol. The van der Waals surface area contributed by atoms with Crippen LogP contribution < -0.4 is 10.6 Å². The van der Waals surface area contributed by atoms with Crippen molar-refractivity contribution in [3.05, 3.63) is 65.7 Å². The average molecular weight is 364 g/mol. The minimum Gasteiger partial charge on any atom is -0.352 e. The van der Waals surface area contributed by atoms with Crippen LogP contribution in [0, 0.1) is 0 Å². The zero-order chi connectivity index (χ0) is 19.1. The molecule has 0 aliphatic rings. The Morgan fingerprint density at radius 1 is 1.04 bits per heavy atom. The summed E-state index contributed by atoms with van der Waals surface area (Å²) in [5.74, 6) is 0.0967. The van der Waals surface area contributed by atoms with Gasteiger partial charge in [0.25, 0.3) is 5.91 Å². The molecule has 8 heteroatoms. The number of nitrogens with one attached hydrogen (secondary N) is 2. The number of benzene rings is 2. The highest BCUT2D eigenvalue weighted by atomic mass is 16.2. The third kappa shape index (κ3) is 4.97. The first kappa shape index (κ1) is 18.2. The molecule has 0 saturated carbocycles. The second-order valence-electron chi connectivity index (χ2n) is 5.85. The molecule has 0 spiro atoms. The maximum absolute atomic E-state index is 12.1. The van der Waals surface area contributed by atoms with E-state index < -0.39 is 0 Å². The van der Waals surface area contributed by atoms with Crippen LogP contribution in [0.25, 0.3) is 11.4 Å². The molecule has 3 aromatic rings. The molecule has 0 radical (unpaired) electrons. The quantitative estimate of drug-likeness (QED) is 0.660. The van der Waals surface area contributed by atoms with Crippen molar-refractivity contribution in [3.63, 3.8) is 0 Å². The van der Waals surface area contributed by atoms with Crippen LogP contribution in [-0.2, 0) is 17.9 Å². The molecule has 3 rings (SSSR count). The molecule has 2 N–H and O–H groups in total. The van der Waals surface area contributed by atoms with E-state index in [-0.39, 0.29) is 18.4 Å². The molecule has 1 aromatic heterocycles. The molecule has 1 heterocycles. The molecule has 0 aliphatic heterocycles. The minimum absolute atomic E-state index is 0.0319. The van der Waals surface area contributed by atoms with Gasteiger partial charge in [-0.3, -0.25) is 9.59 Å². The molecule has 0 fully saturated rings. The number of hydrogen-bond donors (Lipinski definition) is 2. The highest BCUT2D eigenvalue weighted by molar-refractivity contribution is 5.94. The number of nitrogens with zero attached hydrogens (tertiary/aromatic N) is 4. The predicted octanol–water partition coefficient (Wildman–Crippen LogP) is 1.41. The topological polar surface area (TPSA) is 102 Å². The van der Waals surface area contributed by atoms with Crippen molar-refractivity contribution >= 4 is 11.8 Å². The van der Waals surface area contributed by atoms with Crippen molar-refractivity contribution in [3.8, 4) is 11.4 Å². The zero-order valence-electron chi connectivity index (χ0n) is 14.9. The fourth-order valence-electron chi connectivity index (χ4n) is 2.48. The number of amides is 2. The third-order valence-corrected chi connectivity index (χ3v) is 3.79. The molecule has 8 nitrogen and oxygen atoms in total. The van der Waals surface area contributed by atoms with Crippen LogP contribution >= 0.6 is 0 Å². The smallest absolute Gasteiger partial charge is 0.251 e. The van der Waals surface area contributed by atoms with Gasteiger partial charge in [0.15, 0.2) is 0 Å². The lowest BCUT2D eigenvalue weighted by atomic mass is 10.1. The first-order valence-corrected chi connectivity index (χ1v) is 8.63. The van der Waals surface area contributed by atoms with Gasteiger partial charge in [-0.25, -0.2) is 0 Å². The normalized spacial score (nSPS) is 10.4. The van der Waals surface area contributed by atoms with Gasteiger partial charge in [-0.05, 0) is 29.8 Å². The van der Waals surface area contributed by atoms with Crippen LogP contribution in [0.2, 0.25) is 0 Å². The van der Waals surface area contributed by atoms with E-state index in [1.807, 2.05) is 43.3 Å². The van der Waals surface area contributed by atoms with E-state index in [4.69, 9.17) is 0 Å². The lowest BCUT2D eigenvalue weighted by Gasteiger charge is -2.07. The number of aromatic nitrogens is 4. The van der Waals surface area contributed by atoms with Crippen molar-refractivity contribution in [2.45, 2.75) is 20.0 Å². The maximum atomic E-state index is 12.1. The summed E-state index contributed by atoms with van der Waals surface area (Å²) in [5, 5.41) is 17.6. The van der Waals surface area contributed by atoms with Crippen LogP contribution in [0.5, 0.6) is 0 Å². The minimum atomic E-state index is -0.240. The lowest BCUT2D eigenvalue weighted by Crippen LogP contribution is -2.28. The Morgan fingerprint density at radius 2 is 1.85 bits per heavy atom. The molecule has 27 heavy (non-hydrogen) atoms. The van der Waals surface area contributed by atoms with Crippen LogP contribution in [0.4, 0.5) is 0 Å². The Labute approximate surface area is 156 Å². The third-order valence-electron chi connectivity index (χ3n) is 3.79. The number of hydrogen-bond acceptors (Lipinski definition) is 5. The summed E-state index contributed by atoms with van der Waals surface area (Å²) in [6.07, 6.45) is 0. The molecular formula is C19H20N6O2. The van der Waals surface area contributed by atoms with Gasteiger partial charge < -0.3 is 10.6 Å². The van der Waals surface area contributed by atoms with E-state index in [0.29, 0.717) is 24.5 Å². The highest BCUT2D eigenvalue weighted by Gasteiger charge is 2.10. The van der Waals surface area contributed by atoms with E-state index in [9.17, 15) is 9.59 Å². The molecule has 138 valence electrons. The number of rotatable bonds is 7. The molecular weight excluding hydrogens is 344 g/mol. The average Bonchev–Trinajstić information content (AvgIpc) is 3.16. The first-order chi connectivity index (χ1) is 13.2. The Hall–Kier alpha value is -3.55. The van der Waals surface area contributed by atoms with E-state index in [2.05, 4.69) is 26.0 Å². The van der Waals surface area contributed by atoms with Crippen LogP contribution in [0.1, 0.15) is 22.8 Å². The molecule has 0 bridgehead atoms. The Balaban J connectivity index is 1.55. The van der Waals surface area contributed by atoms with Gasteiger partial charge in [0.05, 0.1) is 0 Å². The fraction of sp³-hybridized carbons (Fsp3) is 0.211. The maximum Gasteiger partial charge on any atom is 0.251 e.